The van der Waals surface area contributed by atoms with Gasteiger partial charge in [-0.15, -0.1) is 0 Å². The van der Waals surface area contributed by atoms with Gasteiger partial charge in [-0.1, -0.05) is 48.5 Å². The summed E-state index contributed by atoms with van der Waals surface area (Å²) in [6.07, 6.45) is 0. The zero-order valence-electron chi connectivity index (χ0n) is 16.7. The fraction of sp³-hybridized carbons (Fsp3) is 0.120. The van der Waals surface area contributed by atoms with Crippen molar-refractivity contribution in [2.24, 2.45) is 0 Å². The molecule has 150 valence electrons. The van der Waals surface area contributed by atoms with Gasteiger partial charge in [0.2, 0.25) is 0 Å². The monoisotopic (exact) mass is 400 g/mol. The molecule has 4 rings (SSSR count). The van der Waals surface area contributed by atoms with Crippen LogP contribution in [0.5, 0.6) is 5.75 Å². The minimum atomic E-state index is -0.368. The molecule has 0 bridgehead atoms. The lowest BCUT2D eigenvalue weighted by atomic mass is 9.97. The second-order valence-electron chi connectivity index (χ2n) is 7.04. The topological polar surface area (TPSA) is 42.4 Å². The normalized spacial score (nSPS) is 11.8. The second kappa shape index (κ2) is 8.33. The summed E-state index contributed by atoms with van der Waals surface area (Å²) in [6.45, 7) is 0. The van der Waals surface area contributed by atoms with Crippen molar-refractivity contribution in [3.8, 4) is 5.75 Å². The number of methoxy groups -OCH3 is 1. The molecule has 0 aliphatic carbocycles. The van der Waals surface area contributed by atoms with E-state index >= 15 is 0 Å². The number of ether oxygens (including phenoxy) is 1. The Morgan fingerprint density at radius 2 is 1.63 bits per heavy atom. The maximum Gasteiger partial charge on any atom is 0.272 e. The first kappa shape index (κ1) is 19.6. The molecule has 0 spiro atoms. The van der Waals surface area contributed by atoms with Crippen LogP contribution in [-0.4, -0.2) is 29.9 Å². The Kier molecular flexibility index (Phi) is 5.44. The lowest BCUT2D eigenvalue weighted by Gasteiger charge is -2.29. The number of carbonyl (C=O) groups excluding carboxylic acids is 1. The number of halogens is 1. The molecule has 1 amide bonds. The molecule has 0 aliphatic rings. The van der Waals surface area contributed by atoms with Gasteiger partial charge in [-0.2, -0.15) is 0 Å². The number of rotatable bonds is 5. The predicted octanol–water partition coefficient (Wildman–Crippen LogP) is 5.24. The van der Waals surface area contributed by atoms with E-state index in [0.717, 1.165) is 22.3 Å². The highest BCUT2D eigenvalue weighted by Crippen LogP contribution is 2.29. The number of hydrogen-bond donors (Lipinski definition) is 0. The van der Waals surface area contributed by atoms with Crippen molar-refractivity contribution in [2.45, 2.75) is 6.04 Å². The molecule has 1 unspecified atom stereocenters. The van der Waals surface area contributed by atoms with Crippen molar-refractivity contribution in [1.29, 1.82) is 0 Å². The molecule has 1 aromatic heterocycles. The van der Waals surface area contributed by atoms with Gasteiger partial charge < -0.3 is 9.64 Å². The van der Waals surface area contributed by atoms with Crippen LogP contribution in [0.15, 0.2) is 84.9 Å². The summed E-state index contributed by atoms with van der Waals surface area (Å²) in [5.41, 5.74) is 2.82. The number of nitrogens with zero attached hydrogens (tertiary/aromatic N) is 2. The van der Waals surface area contributed by atoms with Crippen molar-refractivity contribution in [3.63, 3.8) is 0 Å². The molecule has 0 aliphatic heterocycles. The molecule has 0 fully saturated rings. The van der Waals surface area contributed by atoms with Crippen molar-refractivity contribution in [2.75, 3.05) is 14.2 Å². The lowest BCUT2D eigenvalue weighted by Crippen LogP contribution is -2.32. The van der Waals surface area contributed by atoms with Crippen LogP contribution in [0.4, 0.5) is 4.39 Å². The van der Waals surface area contributed by atoms with Gasteiger partial charge in [0, 0.05) is 12.4 Å². The van der Waals surface area contributed by atoms with Gasteiger partial charge in [-0.05, 0) is 47.5 Å². The Morgan fingerprint density at radius 3 is 2.33 bits per heavy atom. The highest BCUT2D eigenvalue weighted by atomic mass is 19.1. The van der Waals surface area contributed by atoms with Crippen LogP contribution < -0.4 is 4.74 Å². The lowest BCUT2D eigenvalue weighted by molar-refractivity contribution is 0.0749. The van der Waals surface area contributed by atoms with E-state index in [2.05, 4.69) is 4.98 Å². The summed E-state index contributed by atoms with van der Waals surface area (Å²) in [7, 11) is 3.35. The molecule has 1 heterocycles. The third-order valence-electron chi connectivity index (χ3n) is 5.12. The first-order valence-corrected chi connectivity index (χ1v) is 9.59. The number of fused-ring (bicyclic) bond motifs is 1. The summed E-state index contributed by atoms with van der Waals surface area (Å²) in [5, 5.41) is 0.895. The number of carbonyl (C=O) groups is 1. The van der Waals surface area contributed by atoms with Crippen LogP contribution in [0.1, 0.15) is 27.7 Å². The fourth-order valence-corrected chi connectivity index (χ4v) is 3.57. The molecular formula is C25H21FN2O2. The molecular weight excluding hydrogens is 379 g/mol. The van der Waals surface area contributed by atoms with E-state index in [1.54, 1.807) is 37.3 Å². The molecule has 0 N–H and O–H groups in total. The van der Waals surface area contributed by atoms with Gasteiger partial charge in [0.25, 0.3) is 5.91 Å². The number of aromatic nitrogens is 1. The van der Waals surface area contributed by atoms with E-state index in [1.807, 2.05) is 54.6 Å². The molecule has 0 radical (unpaired) electrons. The Balaban J connectivity index is 1.72. The second-order valence-corrected chi connectivity index (χ2v) is 7.04. The van der Waals surface area contributed by atoms with Gasteiger partial charge in [-0.3, -0.25) is 4.79 Å². The van der Waals surface area contributed by atoms with Gasteiger partial charge in [0.15, 0.2) is 0 Å². The summed E-state index contributed by atoms with van der Waals surface area (Å²) in [4.78, 5) is 19.5. The third kappa shape index (κ3) is 3.87. The van der Waals surface area contributed by atoms with Gasteiger partial charge in [-0.25, -0.2) is 9.37 Å². The Hall–Kier alpha value is -3.73. The smallest absolute Gasteiger partial charge is 0.272 e. The summed E-state index contributed by atoms with van der Waals surface area (Å²) in [6, 6.07) is 24.6. The summed E-state index contributed by atoms with van der Waals surface area (Å²) < 4.78 is 18.7. The molecule has 1 atom stereocenters. The zero-order valence-corrected chi connectivity index (χ0v) is 16.7. The number of benzene rings is 3. The quantitative estimate of drug-likeness (QED) is 0.460. The van der Waals surface area contributed by atoms with Crippen LogP contribution in [-0.2, 0) is 0 Å². The minimum Gasteiger partial charge on any atom is -0.497 e. The Morgan fingerprint density at radius 1 is 0.933 bits per heavy atom. The minimum absolute atomic E-state index is 0.217. The fourth-order valence-electron chi connectivity index (χ4n) is 3.57. The standard InChI is InChI=1S/C25H21FN2O2/c1-28(24(17-6-4-3-5-7-17)18-8-11-20(26)12-9-18)25(29)23-14-10-19-16-21(30-2)13-15-22(19)27-23/h3-16,24H,1-2H3. The highest BCUT2D eigenvalue weighted by Gasteiger charge is 2.25. The van der Waals surface area contributed by atoms with E-state index in [1.165, 1.54) is 12.1 Å². The maximum atomic E-state index is 13.5. The first-order chi connectivity index (χ1) is 14.6. The summed E-state index contributed by atoms with van der Waals surface area (Å²) >= 11 is 0. The highest BCUT2D eigenvalue weighted by molar-refractivity contribution is 5.95. The van der Waals surface area contributed by atoms with E-state index in [0.29, 0.717) is 11.2 Å². The van der Waals surface area contributed by atoms with Crippen LogP contribution in [0, 0.1) is 5.82 Å². The largest absolute Gasteiger partial charge is 0.497 e. The van der Waals surface area contributed by atoms with Gasteiger partial charge in [0.1, 0.15) is 17.3 Å². The molecule has 5 heteroatoms. The third-order valence-corrected chi connectivity index (χ3v) is 5.12. The molecule has 4 aromatic rings. The summed E-state index contributed by atoms with van der Waals surface area (Å²) in [5.74, 6) is 0.206. The zero-order chi connectivity index (χ0) is 21.1. The molecule has 0 saturated heterocycles. The van der Waals surface area contributed by atoms with Crippen molar-refractivity contribution >= 4 is 16.8 Å². The van der Waals surface area contributed by atoms with E-state index in [9.17, 15) is 9.18 Å². The average molecular weight is 400 g/mol. The van der Waals surface area contributed by atoms with Gasteiger partial charge >= 0.3 is 0 Å². The molecule has 0 saturated carbocycles. The van der Waals surface area contributed by atoms with E-state index in [-0.39, 0.29) is 17.8 Å². The van der Waals surface area contributed by atoms with E-state index < -0.39 is 0 Å². The Bertz CT molecular complexity index is 1180. The first-order valence-electron chi connectivity index (χ1n) is 9.59. The van der Waals surface area contributed by atoms with Crippen molar-refractivity contribution in [1.82, 2.24) is 9.88 Å². The van der Waals surface area contributed by atoms with Crippen LogP contribution >= 0.6 is 0 Å². The Labute approximate surface area is 174 Å². The van der Waals surface area contributed by atoms with Crippen LogP contribution in [0.3, 0.4) is 0 Å². The van der Waals surface area contributed by atoms with Crippen LogP contribution in [0.25, 0.3) is 10.9 Å². The number of amides is 1. The van der Waals surface area contributed by atoms with E-state index in [4.69, 9.17) is 4.74 Å². The molecule has 3 aromatic carbocycles. The van der Waals surface area contributed by atoms with Crippen molar-refractivity contribution < 1.29 is 13.9 Å². The van der Waals surface area contributed by atoms with Crippen molar-refractivity contribution in [3.05, 3.63) is 108 Å². The van der Waals surface area contributed by atoms with Crippen LogP contribution in [0.2, 0.25) is 0 Å². The SMILES string of the molecule is COc1ccc2nc(C(=O)N(C)C(c3ccccc3)c3ccc(F)cc3)ccc2c1. The number of hydrogen-bond acceptors (Lipinski definition) is 3. The predicted molar refractivity (Wildman–Crippen MR) is 115 cm³/mol. The maximum absolute atomic E-state index is 13.5. The molecule has 30 heavy (non-hydrogen) atoms. The number of pyridine rings is 1. The molecule has 4 nitrogen and oxygen atoms in total. The average Bonchev–Trinajstić information content (AvgIpc) is 2.80. The van der Waals surface area contributed by atoms with Gasteiger partial charge in [0.05, 0.1) is 18.7 Å².